The van der Waals surface area contributed by atoms with E-state index in [9.17, 15) is 5.11 Å². The fraction of sp³-hybridized carbons (Fsp3) is 0.421. The molecule has 1 aromatic carbocycles. The minimum atomic E-state index is 0.129. The Morgan fingerprint density at radius 3 is 2.82 bits per heavy atom. The van der Waals surface area contributed by atoms with Crippen LogP contribution in [0.15, 0.2) is 18.2 Å². The molecule has 0 saturated heterocycles. The summed E-state index contributed by atoms with van der Waals surface area (Å²) in [4.78, 5) is 15.4. The normalized spacial score (nSPS) is 19.3. The largest absolute Gasteiger partial charge is 0.396 e. The van der Waals surface area contributed by atoms with Crippen molar-refractivity contribution in [1.82, 2.24) is 15.0 Å². The Labute approximate surface area is 172 Å². The zero-order chi connectivity index (χ0) is 19.8. The van der Waals surface area contributed by atoms with Crippen molar-refractivity contribution in [3.63, 3.8) is 0 Å². The molecule has 2 aromatic heterocycles. The summed E-state index contributed by atoms with van der Waals surface area (Å²) < 4.78 is 1.07. The first-order chi connectivity index (χ1) is 13.4. The summed E-state index contributed by atoms with van der Waals surface area (Å²) in [6.07, 6.45) is 2.86. The van der Waals surface area contributed by atoms with Crippen molar-refractivity contribution in [1.29, 1.82) is 0 Å². The summed E-state index contributed by atoms with van der Waals surface area (Å²) in [6, 6.07) is 6.40. The van der Waals surface area contributed by atoms with E-state index in [1.54, 1.807) is 11.3 Å². The molecule has 148 valence electrons. The predicted octanol–water partition coefficient (Wildman–Crippen LogP) is 3.63. The van der Waals surface area contributed by atoms with Crippen LogP contribution in [-0.4, -0.2) is 46.8 Å². The Morgan fingerprint density at radius 2 is 2.11 bits per heavy atom. The third kappa shape index (κ3) is 3.72. The molecule has 0 amide bonds. The Bertz CT molecular complexity index is 1010. The minimum absolute atomic E-state index is 0.129. The molecule has 1 aliphatic rings. The molecule has 1 fully saturated rings. The number of thiazole rings is 1. The van der Waals surface area contributed by atoms with Crippen molar-refractivity contribution in [3.05, 3.63) is 23.4 Å². The Balaban J connectivity index is 1.73. The van der Waals surface area contributed by atoms with E-state index < -0.39 is 0 Å². The maximum absolute atomic E-state index is 9.41. The lowest BCUT2D eigenvalue weighted by Gasteiger charge is -2.16. The number of halogens is 1. The van der Waals surface area contributed by atoms with Gasteiger partial charge in [0.2, 0.25) is 5.95 Å². The van der Waals surface area contributed by atoms with E-state index in [0.29, 0.717) is 22.5 Å². The fourth-order valence-corrected chi connectivity index (χ4v) is 4.92. The third-order valence-corrected chi connectivity index (χ3v) is 6.45. The number of aliphatic hydroxyl groups is 1. The summed E-state index contributed by atoms with van der Waals surface area (Å²) >= 11 is 8.02. The molecule has 0 radical (unpaired) electrons. The van der Waals surface area contributed by atoms with Gasteiger partial charge >= 0.3 is 0 Å². The number of rotatable bonds is 5. The van der Waals surface area contributed by atoms with E-state index in [0.717, 1.165) is 40.2 Å². The van der Waals surface area contributed by atoms with Gasteiger partial charge in [0, 0.05) is 32.4 Å². The molecule has 0 bridgehead atoms. The molecule has 28 heavy (non-hydrogen) atoms. The van der Waals surface area contributed by atoms with Gasteiger partial charge in [0.05, 0.1) is 15.8 Å². The van der Waals surface area contributed by atoms with Crippen LogP contribution in [0.2, 0.25) is 5.15 Å². The lowest BCUT2D eigenvalue weighted by Crippen LogP contribution is -2.18. The van der Waals surface area contributed by atoms with Crippen LogP contribution in [0.1, 0.15) is 19.3 Å². The quantitative estimate of drug-likeness (QED) is 0.544. The van der Waals surface area contributed by atoms with Crippen LogP contribution in [-0.2, 0) is 0 Å². The second kappa shape index (κ2) is 7.69. The molecule has 0 spiro atoms. The van der Waals surface area contributed by atoms with Crippen LogP contribution in [0.3, 0.4) is 0 Å². The second-order valence-electron chi connectivity index (χ2n) is 7.36. The van der Waals surface area contributed by atoms with Crippen LogP contribution in [0.25, 0.3) is 20.8 Å². The maximum atomic E-state index is 9.41. The summed E-state index contributed by atoms with van der Waals surface area (Å²) in [6.45, 7) is 0.212. The third-order valence-electron chi connectivity index (χ3n) is 5.12. The summed E-state index contributed by atoms with van der Waals surface area (Å²) in [5.41, 5.74) is 8.52. The minimum Gasteiger partial charge on any atom is -0.396 e. The van der Waals surface area contributed by atoms with Crippen LogP contribution >= 0.6 is 22.9 Å². The van der Waals surface area contributed by atoms with Crippen LogP contribution in [0.5, 0.6) is 0 Å². The number of nitrogens with zero attached hydrogens (tertiary/aromatic N) is 4. The highest BCUT2D eigenvalue weighted by Crippen LogP contribution is 2.40. The predicted molar refractivity (Wildman–Crippen MR) is 116 cm³/mol. The van der Waals surface area contributed by atoms with E-state index in [1.165, 1.54) is 0 Å². The topological polar surface area (TPSA) is 100 Å². The molecule has 4 rings (SSSR count). The van der Waals surface area contributed by atoms with Crippen molar-refractivity contribution in [3.8, 4) is 10.6 Å². The smallest absolute Gasteiger partial charge is 0.223 e. The van der Waals surface area contributed by atoms with E-state index in [-0.39, 0.29) is 18.6 Å². The monoisotopic (exact) mass is 418 g/mol. The van der Waals surface area contributed by atoms with E-state index >= 15 is 0 Å². The number of hydrogen-bond donors (Lipinski definition) is 3. The summed E-state index contributed by atoms with van der Waals surface area (Å²) in [5, 5.41) is 13.9. The first-order valence-corrected chi connectivity index (χ1v) is 10.4. The SMILES string of the molecule is CN(C)c1ccc2sc(-c3c(Cl)nc(N)nc3N[C@H]3CC[C@@H](CO)C3)nc2c1. The van der Waals surface area contributed by atoms with Crippen molar-refractivity contribution in [2.45, 2.75) is 25.3 Å². The van der Waals surface area contributed by atoms with Gasteiger partial charge in [-0.05, 0) is 43.4 Å². The Morgan fingerprint density at radius 1 is 1.29 bits per heavy atom. The van der Waals surface area contributed by atoms with Crippen LogP contribution < -0.4 is 16.0 Å². The average Bonchev–Trinajstić information content (AvgIpc) is 3.26. The van der Waals surface area contributed by atoms with Gasteiger partial charge in [-0.15, -0.1) is 11.3 Å². The number of aromatic nitrogens is 3. The molecular formula is C19H23ClN6OS. The van der Waals surface area contributed by atoms with Crippen LogP contribution in [0, 0.1) is 5.92 Å². The molecule has 9 heteroatoms. The molecule has 1 saturated carbocycles. The summed E-state index contributed by atoms with van der Waals surface area (Å²) in [5.74, 6) is 1.06. The molecular weight excluding hydrogens is 396 g/mol. The van der Waals surface area contributed by atoms with Gasteiger partial charge in [0.15, 0.2) is 0 Å². The number of nitrogen functional groups attached to an aromatic ring is 1. The highest BCUT2D eigenvalue weighted by atomic mass is 35.5. The zero-order valence-electron chi connectivity index (χ0n) is 15.8. The lowest BCUT2D eigenvalue weighted by atomic mass is 10.1. The van der Waals surface area contributed by atoms with Gasteiger partial charge in [0.25, 0.3) is 0 Å². The molecule has 2 atom stereocenters. The van der Waals surface area contributed by atoms with Gasteiger partial charge < -0.3 is 21.1 Å². The highest BCUT2D eigenvalue weighted by Gasteiger charge is 2.27. The van der Waals surface area contributed by atoms with Crippen molar-refractivity contribution in [2.24, 2.45) is 5.92 Å². The first-order valence-electron chi connectivity index (χ1n) is 9.23. The number of nitrogens with one attached hydrogen (secondary N) is 1. The van der Waals surface area contributed by atoms with Crippen LogP contribution in [0.4, 0.5) is 17.5 Å². The first kappa shape index (κ1) is 19.2. The van der Waals surface area contributed by atoms with Crippen molar-refractivity contribution < 1.29 is 5.11 Å². The Hall–Kier alpha value is -2.16. The second-order valence-corrected chi connectivity index (χ2v) is 8.75. The molecule has 4 N–H and O–H groups in total. The number of fused-ring (bicyclic) bond motifs is 1. The molecule has 7 nitrogen and oxygen atoms in total. The van der Waals surface area contributed by atoms with Gasteiger partial charge in [-0.25, -0.2) is 9.97 Å². The molecule has 0 aliphatic heterocycles. The number of hydrogen-bond acceptors (Lipinski definition) is 8. The molecule has 1 aliphatic carbocycles. The number of benzene rings is 1. The van der Waals surface area contributed by atoms with Gasteiger partial charge in [-0.3, -0.25) is 0 Å². The number of nitrogens with two attached hydrogens (primary N) is 1. The molecule has 3 aromatic rings. The molecule has 2 heterocycles. The van der Waals surface area contributed by atoms with Gasteiger partial charge in [-0.2, -0.15) is 4.98 Å². The van der Waals surface area contributed by atoms with Crippen molar-refractivity contribution in [2.75, 3.05) is 36.7 Å². The Kier molecular flexibility index (Phi) is 5.27. The maximum Gasteiger partial charge on any atom is 0.223 e. The molecule has 0 unspecified atom stereocenters. The standard InChI is InChI=1S/C19H23ClN6OS/c1-26(2)12-5-6-14-13(8-12)23-18(28-14)15-16(20)24-19(21)25-17(15)22-11-4-3-10(7-11)9-27/h5-6,8,10-11,27H,3-4,7,9H2,1-2H3,(H3,21,22,24,25)/t10-,11+/m1/s1. The zero-order valence-corrected chi connectivity index (χ0v) is 17.4. The fourth-order valence-electron chi connectivity index (χ4n) is 3.61. The van der Waals surface area contributed by atoms with Gasteiger partial charge in [-0.1, -0.05) is 11.6 Å². The van der Waals surface area contributed by atoms with E-state index in [4.69, 9.17) is 22.3 Å². The summed E-state index contributed by atoms with van der Waals surface area (Å²) in [7, 11) is 4.00. The lowest BCUT2D eigenvalue weighted by molar-refractivity contribution is 0.229. The highest BCUT2D eigenvalue weighted by molar-refractivity contribution is 7.21. The van der Waals surface area contributed by atoms with Gasteiger partial charge in [0.1, 0.15) is 16.0 Å². The van der Waals surface area contributed by atoms with Crippen molar-refractivity contribution >= 4 is 50.6 Å². The number of aliphatic hydroxyl groups excluding tert-OH is 1. The average molecular weight is 419 g/mol. The number of anilines is 3. The van der Waals surface area contributed by atoms with E-state index in [2.05, 4.69) is 33.5 Å². The van der Waals surface area contributed by atoms with E-state index in [1.807, 2.05) is 19.0 Å².